The molecule has 3 amide bonds. The highest BCUT2D eigenvalue weighted by Gasteiger charge is 2.38. The number of aromatic hydroxyl groups is 1. The Kier molecular flexibility index (Phi) is 5.44. The van der Waals surface area contributed by atoms with Gasteiger partial charge in [0.05, 0.1) is 40.3 Å². The molecule has 0 spiro atoms. The highest BCUT2D eigenvalue weighted by Crippen LogP contribution is 2.45. The molecule has 0 fully saturated rings. The maximum atomic E-state index is 13.8. The number of ether oxygens (including phenoxy) is 1. The third kappa shape index (κ3) is 3.81. The van der Waals surface area contributed by atoms with Crippen molar-refractivity contribution in [3.63, 3.8) is 0 Å². The van der Waals surface area contributed by atoms with Gasteiger partial charge >= 0.3 is 6.09 Å². The summed E-state index contributed by atoms with van der Waals surface area (Å²) >= 11 is 0. The highest BCUT2D eigenvalue weighted by molar-refractivity contribution is 6.39. The SMILES string of the molecule is CC(C)(C)OC(=O)N1Cc2cccc3c4c5c(c6c7ccccc7[nH]c6c4n(c23)C[C@@H]1Cc1ccc(O)cc1)C(=O)NC5=O. The summed E-state index contributed by atoms with van der Waals surface area (Å²) in [7, 11) is 0. The minimum atomic E-state index is -0.683. The van der Waals surface area contributed by atoms with E-state index in [0.717, 1.165) is 54.7 Å². The summed E-state index contributed by atoms with van der Waals surface area (Å²) in [5.74, 6) is -0.626. The van der Waals surface area contributed by atoms with Crippen LogP contribution >= 0.6 is 0 Å². The van der Waals surface area contributed by atoms with Gasteiger partial charge in [0.25, 0.3) is 11.8 Å². The molecular weight excluding hydrogens is 556 g/mol. The number of carbonyl (C=O) groups excluding carboxylic acids is 3. The largest absolute Gasteiger partial charge is 0.508 e. The zero-order chi connectivity index (χ0) is 30.5. The summed E-state index contributed by atoms with van der Waals surface area (Å²) in [5, 5.41) is 15.6. The van der Waals surface area contributed by atoms with Gasteiger partial charge in [-0.1, -0.05) is 48.5 Å². The van der Waals surface area contributed by atoms with E-state index in [-0.39, 0.29) is 11.8 Å². The quantitative estimate of drug-likeness (QED) is 0.204. The Labute approximate surface area is 252 Å². The molecule has 9 nitrogen and oxygen atoms in total. The maximum Gasteiger partial charge on any atom is 0.410 e. The fourth-order valence-corrected chi connectivity index (χ4v) is 7.06. The molecule has 0 radical (unpaired) electrons. The van der Waals surface area contributed by atoms with Gasteiger partial charge in [-0.05, 0) is 56.5 Å². The van der Waals surface area contributed by atoms with E-state index in [2.05, 4.69) is 14.9 Å². The van der Waals surface area contributed by atoms with Gasteiger partial charge in [0, 0.05) is 33.6 Å². The lowest BCUT2D eigenvalue weighted by molar-refractivity contribution is 0.0131. The van der Waals surface area contributed by atoms with Crippen LogP contribution in [0.2, 0.25) is 0 Å². The molecule has 0 bridgehead atoms. The van der Waals surface area contributed by atoms with Crippen molar-refractivity contribution in [2.24, 2.45) is 0 Å². The second-order valence-electron chi connectivity index (χ2n) is 12.7. The van der Waals surface area contributed by atoms with Crippen LogP contribution in [0, 0.1) is 0 Å². The lowest BCUT2D eigenvalue weighted by atomic mass is 9.96. The van der Waals surface area contributed by atoms with E-state index in [9.17, 15) is 19.5 Å². The summed E-state index contributed by atoms with van der Waals surface area (Å²) in [6, 6.07) is 20.4. The molecular formula is C35H30N4O5. The van der Waals surface area contributed by atoms with Crippen LogP contribution in [-0.4, -0.2) is 49.1 Å². The monoisotopic (exact) mass is 586 g/mol. The van der Waals surface area contributed by atoms with Crippen LogP contribution in [0.25, 0.3) is 43.6 Å². The van der Waals surface area contributed by atoms with Crippen LogP contribution in [-0.2, 0) is 24.2 Å². The van der Waals surface area contributed by atoms with E-state index >= 15 is 0 Å². The second kappa shape index (κ2) is 9.09. The molecule has 0 saturated heterocycles. The topological polar surface area (TPSA) is 117 Å². The number of rotatable bonds is 2. The molecule has 9 heteroatoms. The minimum absolute atomic E-state index is 0.173. The number of amides is 3. The van der Waals surface area contributed by atoms with E-state index in [0.29, 0.717) is 30.6 Å². The Morgan fingerprint density at radius 1 is 0.909 bits per heavy atom. The number of nitrogens with one attached hydrogen (secondary N) is 2. The average Bonchev–Trinajstić information content (AvgIpc) is 3.56. The van der Waals surface area contributed by atoms with Gasteiger partial charge in [-0.15, -0.1) is 0 Å². The number of benzene rings is 4. The van der Waals surface area contributed by atoms with Crippen LogP contribution in [0.3, 0.4) is 0 Å². The van der Waals surface area contributed by atoms with Crippen molar-refractivity contribution in [2.75, 3.05) is 0 Å². The van der Waals surface area contributed by atoms with Gasteiger partial charge in [0.15, 0.2) is 0 Å². The Bertz CT molecular complexity index is 2220. The number of aromatic nitrogens is 2. The van der Waals surface area contributed by atoms with Crippen molar-refractivity contribution in [3.05, 3.63) is 89.0 Å². The zero-order valence-electron chi connectivity index (χ0n) is 24.5. The van der Waals surface area contributed by atoms with Crippen molar-refractivity contribution in [3.8, 4) is 5.75 Å². The number of nitrogens with zero attached hydrogens (tertiary/aromatic N) is 2. The number of hydrogen-bond donors (Lipinski definition) is 3. The average molecular weight is 587 g/mol. The number of H-pyrrole nitrogens is 1. The van der Waals surface area contributed by atoms with Crippen molar-refractivity contribution in [2.45, 2.75) is 51.9 Å². The van der Waals surface area contributed by atoms with Crippen molar-refractivity contribution in [1.29, 1.82) is 0 Å². The van der Waals surface area contributed by atoms with Gasteiger partial charge in [-0.3, -0.25) is 19.8 Å². The molecule has 2 aliphatic rings. The zero-order valence-corrected chi connectivity index (χ0v) is 24.5. The molecule has 0 aliphatic carbocycles. The molecule has 6 aromatic rings. The first-order chi connectivity index (χ1) is 21.1. The molecule has 2 aliphatic heterocycles. The van der Waals surface area contributed by atoms with E-state index in [1.165, 1.54) is 0 Å². The third-order valence-corrected chi connectivity index (χ3v) is 8.75. The first-order valence-electron chi connectivity index (χ1n) is 14.7. The lowest BCUT2D eigenvalue weighted by Gasteiger charge is -2.33. The van der Waals surface area contributed by atoms with Crippen molar-refractivity contribution < 1.29 is 24.2 Å². The molecule has 4 aromatic carbocycles. The molecule has 1 atom stereocenters. The summed E-state index contributed by atoms with van der Waals surface area (Å²) in [6.07, 6.45) is 0.101. The molecule has 4 heterocycles. The number of fused-ring (bicyclic) bond motifs is 10. The van der Waals surface area contributed by atoms with Crippen LogP contribution in [0.4, 0.5) is 4.79 Å². The van der Waals surface area contributed by atoms with Gasteiger partial charge in [0.2, 0.25) is 0 Å². The molecule has 2 aromatic heterocycles. The van der Waals surface area contributed by atoms with Gasteiger partial charge in [-0.25, -0.2) is 4.79 Å². The molecule has 8 rings (SSSR count). The molecule has 0 saturated carbocycles. The summed E-state index contributed by atoms with van der Waals surface area (Å²) in [6.45, 7) is 6.28. The van der Waals surface area contributed by atoms with Gasteiger partial charge < -0.3 is 19.4 Å². The van der Waals surface area contributed by atoms with Crippen molar-refractivity contribution in [1.82, 2.24) is 19.8 Å². The number of aromatic amines is 1. The fraction of sp³-hybridized carbons (Fsp3) is 0.229. The van der Waals surface area contributed by atoms with Crippen molar-refractivity contribution >= 4 is 61.5 Å². The van der Waals surface area contributed by atoms with Gasteiger partial charge in [0.1, 0.15) is 11.4 Å². The predicted octanol–water partition coefficient (Wildman–Crippen LogP) is 6.38. The number of phenols is 1. The highest BCUT2D eigenvalue weighted by atomic mass is 16.6. The Morgan fingerprint density at radius 3 is 2.36 bits per heavy atom. The number of carbonyl (C=O) groups is 3. The lowest BCUT2D eigenvalue weighted by Crippen LogP contribution is -2.45. The summed E-state index contributed by atoms with van der Waals surface area (Å²) in [4.78, 5) is 45.9. The first-order valence-corrected chi connectivity index (χ1v) is 14.7. The number of phenolic OH excluding ortho intramolecular Hbond substituents is 1. The minimum Gasteiger partial charge on any atom is -0.508 e. The van der Waals surface area contributed by atoms with Crippen LogP contribution in [0.5, 0.6) is 5.75 Å². The number of para-hydroxylation sites is 2. The smallest absolute Gasteiger partial charge is 0.410 e. The van der Waals surface area contributed by atoms with E-state index < -0.39 is 23.5 Å². The molecule has 44 heavy (non-hydrogen) atoms. The Morgan fingerprint density at radius 2 is 1.61 bits per heavy atom. The molecule has 3 N–H and O–H groups in total. The summed E-state index contributed by atoms with van der Waals surface area (Å²) < 4.78 is 8.13. The van der Waals surface area contributed by atoms with Gasteiger partial charge in [-0.2, -0.15) is 0 Å². The van der Waals surface area contributed by atoms with E-state index in [1.807, 2.05) is 75.4 Å². The number of imide groups is 1. The second-order valence-corrected chi connectivity index (χ2v) is 12.7. The standard InChI is InChI=1S/C35H30N4O5/c1-35(2,3)44-34(43)38-16-19-7-6-9-23-26-28-27(32(41)37-33(28)42)25-22-8-4-5-10-24(22)36-29(25)31(26)39(30(19)23)17-20(38)15-18-11-13-21(40)14-12-18/h4-14,20,36,40H,15-17H2,1-3H3,(H,37,41,42)/t20-/m0/s1. The predicted molar refractivity (Wildman–Crippen MR) is 168 cm³/mol. The maximum absolute atomic E-state index is 13.8. The fourth-order valence-electron chi connectivity index (χ4n) is 7.06. The van der Waals surface area contributed by atoms with Crippen LogP contribution < -0.4 is 5.32 Å². The van der Waals surface area contributed by atoms with Crippen LogP contribution in [0.15, 0.2) is 66.7 Å². The molecule has 220 valence electrons. The first kappa shape index (κ1) is 26.3. The van der Waals surface area contributed by atoms with E-state index in [1.54, 1.807) is 17.0 Å². The third-order valence-electron chi connectivity index (χ3n) is 8.75. The summed E-state index contributed by atoms with van der Waals surface area (Å²) in [5.41, 5.74) is 5.37. The normalized spacial score (nSPS) is 16.6. The molecule has 0 unspecified atom stereocenters. The van der Waals surface area contributed by atoms with E-state index in [4.69, 9.17) is 4.74 Å². The van der Waals surface area contributed by atoms with Crippen LogP contribution in [0.1, 0.15) is 52.6 Å². The Balaban J connectivity index is 1.44. The number of hydrogen-bond acceptors (Lipinski definition) is 5. The Hall–Kier alpha value is -5.31.